The summed E-state index contributed by atoms with van der Waals surface area (Å²) in [7, 11) is 1.35. The lowest BCUT2D eigenvalue weighted by molar-refractivity contribution is -0.137. The first-order chi connectivity index (χ1) is 18.1. The van der Waals surface area contributed by atoms with Gasteiger partial charge in [-0.3, -0.25) is 0 Å². The first-order valence-electron chi connectivity index (χ1n) is 11.9. The number of esters is 2. The van der Waals surface area contributed by atoms with Crippen molar-refractivity contribution in [2.24, 2.45) is 0 Å². The van der Waals surface area contributed by atoms with E-state index in [2.05, 4.69) is 0 Å². The SMILES string of the molecule is CCOC(=O)/C=C/c1ccc(OCc2cc3c(cc2OCc2ccc(C(=O)OC)cc2)OCCO3)cc1. The van der Waals surface area contributed by atoms with Gasteiger partial charge in [0, 0.05) is 17.7 Å². The Bertz CT molecular complexity index is 1250. The molecule has 3 aromatic rings. The van der Waals surface area contributed by atoms with Crippen molar-refractivity contribution in [3.8, 4) is 23.0 Å². The fraction of sp³-hybridized carbons (Fsp3) is 0.241. The first-order valence-corrected chi connectivity index (χ1v) is 11.9. The number of carbonyl (C=O) groups is 2. The molecule has 0 saturated carbocycles. The molecule has 1 aliphatic rings. The molecule has 1 heterocycles. The molecule has 3 aromatic carbocycles. The Morgan fingerprint density at radius 2 is 1.59 bits per heavy atom. The van der Waals surface area contributed by atoms with E-state index in [-0.39, 0.29) is 25.2 Å². The van der Waals surface area contributed by atoms with Crippen LogP contribution >= 0.6 is 0 Å². The standard InChI is InChI=1S/C29H28O8/c1-3-33-28(30)13-8-20-6-11-24(12-7-20)36-19-23-16-26-27(35-15-14-34-26)17-25(23)37-18-21-4-9-22(10-5-21)29(31)32-2/h4-13,16-17H,3,14-15,18-19H2,1-2H3/b13-8+. The average Bonchev–Trinajstić information content (AvgIpc) is 2.94. The van der Waals surface area contributed by atoms with Gasteiger partial charge in [0.1, 0.15) is 37.9 Å². The minimum Gasteiger partial charge on any atom is -0.489 e. The number of methoxy groups -OCH3 is 1. The minimum absolute atomic E-state index is 0.241. The van der Waals surface area contributed by atoms with Crippen LogP contribution in [-0.2, 0) is 27.5 Å². The summed E-state index contributed by atoms with van der Waals surface area (Å²) in [4.78, 5) is 23.2. The Kier molecular flexibility index (Phi) is 8.65. The molecule has 0 radical (unpaired) electrons. The summed E-state index contributed by atoms with van der Waals surface area (Å²) < 4.78 is 33.2. The lowest BCUT2D eigenvalue weighted by Gasteiger charge is -2.21. The summed E-state index contributed by atoms with van der Waals surface area (Å²) in [6.45, 7) is 3.57. The van der Waals surface area contributed by atoms with E-state index in [1.807, 2.05) is 42.5 Å². The van der Waals surface area contributed by atoms with Crippen molar-refractivity contribution >= 4 is 18.0 Å². The van der Waals surface area contributed by atoms with Crippen LogP contribution in [0.3, 0.4) is 0 Å². The van der Waals surface area contributed by atoms with Crippen molar-refractivity contribution in [3.63, 3.8) is 0 Å². The van der Waals surface area contributed by atoms with Gasteiger partial charge in [-0.1, -0.05) is 24.3 Å². The van der Waals surface area contributed by atoms with Crippen molar-refractivity contribution in [3.05, 3.63) is 89.0 Å². The molecule has 0 fully saturated rings. The summed E-state index contributed by atoms with van der Waals surface area (Å²) in [5.74, 6) is 1.75. The molecule has 0 bridgehead atoms. The van der Waals surface area contributed by atoms with Crippen molar-refractivity contribution in [2.75, 3.05) is 26.9 Å². The summed E-state index contributed by atoms with van der Waals surface area (Å²) in [5, 5.41) is 0. The molecule has 4 rings (SSSR count). The number of ether oxygens (including phenoxy) is 6. The fourth-order valence-corrected chi connectivity index (χ4v) is 3.57. The van der Waals surface area contributed by atoms with Gasteiger partial charge in [-0.2, -0.15) is 0 Å². The van der Waals surface area contributed by atoms with Gasteiger partial charge in [0.2, 0.25) is 0 Å². The van der Waals surface area contributed by atoms with Gasteiger partial charge in [-0.05, 0) is 54.5 Å². The zero-order chi connectivity index (χ0) is 26.0. The number of rotatable bonds is 10. The van der Waals surface area contributed by atoms with Gasteiger partial charge in [0.15, 0.2) is 11.5 Å². The molecule has 192 valence electrons. The van der Waals surface area contributed by atoms with Crippen LogP contribution in [0.25, 0.3) is 6.08 Å². The maximum Gasteiger partial charge on any atom is 0.337 e. The highest BCUT2D eigenvalue weighted by Crippen LogP contribution is 2.37. The Hall–Kier alpha value is -4.46. The van der Waals surface area contributed by atoms with Crippen LogP contribution in [0.15, 0.2) is 66.7 Å². The van der Waals surface area contributed by atoms with Crippen molar-refractivity contribution < 1.29 is 38.0 Å². The van der Waals surface area contributed by atoms with Crippen molar-refractivity contribution in [2.45, 2.75) is 20.1 Å². The maximum absolute atomic E-state index is 11.7. The molecular weight excluding hydrogens is 476 g/mol. The predicted octanol–water partition coefficient (Wildman–Crippen LogP) is 4.98. The second-order valence-corrected chi connectivity index (χ2v) is 8.02. The molecule has 0 aliphatic carbocycles. The maximum atomic E-state index is 11.7. The van der Waals surface area contributed by atoms with Gasteiger partial charge < -0.3 is 28.4 Å². The minimum atomic E-state index is -0.387. The van der Waals surface area contributed by atoms with Crippen LogP contribution in [-0.4, -0.2) is 38.9 Å². The molecule has 0 aromatic heterocycles. The Labute approximate surface area is 215 Å². The first kappa shape index (κ1) is 25.6. The average molecular weight is 505 g/mol. The van der Waals surface area contributed by atoms with Crippen LogP contribution in [0.2, 0.25) is 0 Å². The summed E-state index contributed by atoms with van der Waals surface area (Å²) in [6.07, 6.45) is 3.08. The van der Waals surface area contributed by atoms with E-state index in [1.165, 1.54) is 13.2 Å². The number of benzene rings is 3. The van der Waals surface area contributed by atoms with Crippen LogP contribution in [0.4, 0.5) is 0 Å². The highest BCUT2D eigenvalue weighted by atomic mass is 16.6. The molecule has 0 saturated heterocycles. The van der Waals surface area contributed by atoms with Crippen LogP contribution in [0.1, 0.15) is 34.0 Å². The molecule has 0 atom stereocenters. The highest BCUT2D eigenvalue weighted by molar-refractivity contribution is 5.89. The third kappa shape index (κ3) is 7.04. The Morgan fingerprint density at radius 1 is 0.892 bits per heavy atom. The van der Waals surface area contributed by atoms with Gasteiger partial charge in [-0.15, -0.1) is 0 Å². The molecule has 0 amide bonds. The van der Waals surface area contributed by atoms with E-state index in [9.17, 15) is 9.59 Å². The van der Waals surface area contributed by atoms with Gasteiger partial charge in [0.05, 0.1) is 19.3 Å². The highest BCUT2D eigenvalue weighted by Gasteiger charge is 2.18. The molecule has 8 heteroatoms. The van der Waals surface area contributed by atoms with E-state index in [1.54, 1.807) is 31.2 Å². The molecule has 0 unspecified atom stereocenters. The molecule has 37 heavy (non-hydrogen) atoms. The van der Waals surface area contributed by atoms with Crippen LogP contribution in [0.5, 0.6) is 23.0 Å². The lowest BCUT2D eigenvalue weighted by Crippen LogP contribution is -2.16. The van der Waals surface area contributed by atoms with Crippen LogP contribution < -0.4 is 18.9 Å². The molecule has 0 spiro atoms. The smallest absolute Gasteiger partial charge is 0.337 e. The largest absolute Gasteiger partial charge is 0.489 e. The predicted molar refractivity (Wildman–Crippen MR) is 136 cm³/mol. The zero-order valence-corrected chi connectivity index (χ0v) is 20.7. The van der Waals surface area contributed by atoms with E-state index < -0.39 is 0 Å². The van der Waals surface area contributed by atoms with Crippen LogP contribution in [0, 0.1) is 0 Å². The molecule has 8 nitrogen and oxygen atoms in total. The summed E-state index contributed by atoms with van der Waals surface area (Å²) in [6, 6.07) is 18.1. The number of hydrogen-bond acceptors (Lipinski definition) is 8. The van der Waals surface area contributed by atoms with E-state index >= 15 is 0 Å². The normalized spacial score (nSPS) is 12.2. The van der Waals surface area contributed by atoms with Gasteiger partial charge in [-0.25, -0.2) is 9.59 Å². The third-order valence-corrected chi connectivity index (χ3v) is 5.47. The Morgan fingerprint density at radius 3 is 2.27 bits per heavy atom. The Balaban J connectivity index is 1.44. The zero-order valence-electron chi connectivity index (χ0n) is 20.7. The number of hydrogen-bond donors (Lipinski definition) is 0. The quantitative estimate of drug-likeness (QED) is 0.282. The summed E-state index contributed by atoms with van der Waals surface area (Å²) >= 11 is 0. The molecule has 1 aliphatic heterocycles. The van der Waals surface area contributed by atoms with E-state index in [0.717, 1.165) is 16.7 Å². The molecular formula is C29H28O8. The topological polar surface area (TPSA) is 89.5 Å². The number of fused-ring (bicyclic) bond motifs is 1. The monoisotopic (exact) mass is 504 g/mol. The van der Waals surface area contributed by atoms with Gasteiger partial charge >= 0.3 is 11.9 Å². The third-order valence-electron chi connectivity index (χ3n) is 5.47. The van der Waals surface area contributed by atoms with Gasteiger partial charge in [0.25, 0.3) is 0 Å². The summed E-state index contributed by atoms with van der Waals surface area (Å²) in [5.41, 5.74) is 3.01. The van der Waals surface area contributed by atoms with E-state index in [0.29, 0.717) is 48.4 Å². The lowest BCUT2D eigenvalue weighted by atomic mass is 10.1. The van der Waals surface area contributed by atoms with E-state index in [4.69, 9.17) is 28.4 Å². The second kappa shape index (κ2) is 12.5. The second-order valence-electron chi connectivity index (χ2n) is 8.02. The fourth-order valence-electron chi connectivity index (χ4n) is 3.57. The molecule has 0 N–H and O–H groups in total. The number of carbonyl (C=O) groups excluding carboxylic acids is 2. The van der Waals surface area contributed by atoms with Crippen molar-refractivity contribution in [1.29, 1.82) is 0 Å². The van der Waals surface area contributed by atoms with Crippen molar-refractivity contribution in [1.82, 2.24) is 0 Å².